The van der Waals surface area contributed by atoms with E-state index < -0.39 is 0 Å². The maximum atomic E-state index is 11.8. The molecule has 2 aliphatic heterocycles. The van der Waals surface area contributed by atoms with Crippen molar-refractivity contribution in [3.8, 4) is 0 Å². The first-order valence-corrected chi connectivity index (χ1v) is 5.96. The topological polar surface area (TPSA) is 29.5 Å². The second-order valence-electron chi connectivity index (χ2n) is 4.97. The molecule has 0 N–H and O–H groups in total. The normalized spacial score (nSPS) is 36.5. The molecule has 0 radical (unpaired) electrons. The number of rotatable bonds is 3. The van der Waals surface area contributed by atoms with Crippen LogP contribution in [0.5, 0.6) is 0 Å². The Hall–Kier alpha value is -0.410. The van der Waals surface area contributed by atoms with Crippen LogP contribution < -0.4 is 0 Å². The number of piperidine rings is 2. The summed E-state index contributed by atoms with van der Waals surface area (Å²) in [4.78, 5) is 14.3. The SMILES string of the molecule is COCC(=O)C1CC2CCCC(C1)N2C. The van der Waals surface area contributed by atoms with Crippen molar-refractivity contribution in [2.45, 2.75) is 44.2 Å². The maximum Gasteiger partial charge on any atom is 0.161 e. The monoisotopic (exact) mass is 211 g/mol. The van der Waals surface area contributed by atoms with Gasteiger partial charge in [-0.3, -0.25) is 4.79 Å². The molecular formula is C12H21NO2. The van der Waals surface area contributed by atoms with E-state index in [-0.39, 0.29) is 5.92 Å². The zero-order valence-electron chi connectivity index (χ0n) is 9.74. The van der Waals surface area contributed by atoms with Crippen molar-refractivity contribution in [1.29, 1.82) is 0 Å². The molecule has 0 aromatic rings. The minimum Gasteiger partial charge on any atom is -0.377 e. The summed E-state index contributed by atoms with van der Waals surface area (Å²) in [6.45, 7) is 0.299. The minimum absolute atomic E-state index is 0.261. The molecule has 2 bridgehead atoms. The average Bonchev–Trinajstić information content (AvgIpc) is 2.17. The number of hydrogen-bond acceptors (Lipinski definition) is 3. The van der Waals surface area contributed by atoms with E-state index in [4.69, 9.17) is 4.74 Å². The lowest BCUT2D eigenvalue weighted by molar-refractivity contribution is -0.130. The fourth-order valence-electron chi connectivity index (χ4n) is 3.14. The van der Waals surface area contributed by atoms with E-state index in [1.807, 2.05) is 0 Å². The number of ketones is 1. The molecule has 0 aromatic carbocycles. The van der Waals surface area contributed by atoms with E-state index in [1.54, 1.807) is 7.11 Å². The average molecular weight is 211 g/mol. The third-order valence-corrected chi connectivity index (χ3v) is 4.08. The standard InChI is InChI=1S/C12H21NO2/c1-13-10-4-3-5-11(13)7-9(6-10)12(14)8-15-2/h9-11H,3-8H2,1-2H3. The Bertz CT molecular complexity index is 228. The summed E-state index contributed by atoms with van der Waals surface area (Å²) in [7, 11) is 3.82. The zero-order chi connectivity index (χ0) is 10.8. The molecule has 2 fully saturated rings. The Kier molecular flexibility index (Phi) is 3.42. The van der Waals surface area contributed by atoms with Gasteiger partial charge in [-0.1, -0.05) is 6.42 Å². The summed E-state index contributed by atoms with van der Waals surface area (Å²) in [6, 6.07) is 1.28. The van der Waals surface area contributed by atoms with Gasteiger partial charge in [0, 0.05) is 25.1 Å². The summed E-state index contributed by atoms with van der Waals surface area (Å²) in [5.74, 6) is 0.568. The smallest absolute Gasteiger partial charge is 0.161 e. The van der Waals surface area contributed by atoms with Gasteiger partial charge in [-0.2, -0.15) is 0 Å². The molecule has 2 aliphatic rings. The van der Waals surface area contributed by atoms with Crippen LogP contribution in [-0.2, 0) is 9.53 Å². The van der Waals surface area contributed by atoms with Gasteiger partial charge < -0.3 is 9.64 Å². The highest BCUT2D eigenvalue weighted by Gasteiger charge is 2.38. The molecule has 86 valence electrons. The highest BCUT2D eigenvalue weighted by molar-refractivity contribution is 5.82. The van der Waals surface area contributed by atoms with E-state index in [9.17, 15) is 4.79 Å². The van der Waals surface area contributed by atoms with Gasteiger partial charge >= 0.3 is 0 Å². The fraction of sp³-hybridized carbons (Fsp3) is 0.917. The summed E-state index contributed by atoms with van der Waals surface area (Å²) < 4.78 is 4.94. The van der Waals surface area contributed by atoms with Crippen LogP contribution in [0.15, 0.2) is 0 Å². The van der Waals surface area contributed by atoms with Gasteiger partial charge in [0.25, 0.3) is 0 Å². The molecule has 0 amide bonds. The summed E-state index contributed by atoms with van der Waals surface area (Å²) >= 11 is 0. The van der Waals surface area contributed by atoms with Gasteiger partial charge in [-0.15, -0.1) is 0 Å². The predicted octanol–water partition coefficient (Wildman–Crippen LogP) is 1.46. The number of fused-ring (bicyclic) bond motifs is 2. The predicted molar refractivity (Wildman–Crippen MR) is 58.8 cm³/mol. The Morgan fingerprint density at radius 3 is 2.47 bits per heavy atom. The van der Waals surface area contributed by atoms with Crippen LogP contribution >= 0.6 is 0 Å². The number of methoxy groups -OCH3 is 1. The van der Waals surface area contributed by atoms with Gasteiger partial charge in [0.2, 0.25) is 0 Å². The van der Waals surface area contributed by atoms with Crippen LogP contribution in [0.25, 0.3) is 0 Å². The largest absolute Gasteiger partial charge is 0.377 e. The first-order valence-electron chi connectivity index (χ1n) is 5.96. The Labute approximate surface area is 91.8 Å². The molecule has 3 nitrogen and oxygen atoms in total. The summed E-state index contributed by atoms with van der Waals surface area (Å²) in [5.41, 5.74) is 0. The van der Waals surface area contributed by atoms with E-state index in [0.717, 1.165) is 12.8 Å². The van der Waals surface area contributed by atoms with Crippen molar-refractivity contribution in [2.75, 3.05) is 20.8 Å². The first kappa shape index (κ1) is 11.1. The molecule has 0 aromatic heterocycles. The van der Waals surface area contributed by atoms with Crippen molar-refractivity contribution < 1.29 is 9.53 Å². The number of nitrogens with zero attached hydrogens (tertiary/aromatic N) is 1. The summed E-state index contributed by atoms with van der Waals surface area (Å²) in [5, 5.41) is 0. The molecular weight excluding hydrogens is 190 g/mol. The molecule has 2 atom stereocenters. The molecule has 2 saturated heterocycles. The Morgan fingerprint density at radius 1 is 1.33 bits per heavy atom. The molecule has 2 rings (SSSR count). The first-order chi connectivity index (χ1) is 7.22. The number of hydrogen-bond donors (Lipinski definition) is 0. The molecule has 2 heterocycles. The molecule has 0 saturated carbocycles. The third kappa shape index (κ3) is 2.23. The Morgan fingerprint density at radius 2 is 1.93 bits per heavy atom. The minimum atomic E-state index is 0.261. The fourth-order valence-corrected chi connectivity index (χ4v) is 3.14. The van der Waals surface area contributed by atoms with Gasteiger partial charge in [0.15, 0.2) is 5.78 Å². The van der Waals surface area contributed by atoms with Crippen LogP contribution in [-0.4, -0.2) is 43.5 Å². The quantitative estimate of drug-likeness (QED) is 0.708. The van der Waals surface area contributed by atoms with Crippen LogP contribution in [0.3, 0.4) is 0 Å². The number of carbonyl (C=O) groups excluding carboxylic acids is 1. The number of ether oxygens (including phenoxy) is 1. The van der Waals surface area contributed by atoms with Gasteiger partial charge in [0.1, 0.15) is 6.61 Å². The zero-order valence-corrected chi connectivity index (χ0v) is 9.74. The van der Waals surface area contributed by atoms with Gasteiger partial charge in [-0.25, -0.2) is 0 Å². The van der Waals surface area contributed by atoms with Gasteiger partial charge in [0.05, 0.1) is 0 Å². The second kappa shape index (κ2) is 4.62. The number of carbonyl (C=O) groups is 1. The van der Waals surface area contributed by atoms with E-state index in [0.29, 0.717) is 24.5 Å². The van der Waals surface area contributed by atoms with Crippen molar-refractivity contribution >= 4 is 5.78 Å². The van der Waals surface area contributed by atoms with Crippen LogP contribution in [0.4, 0.5) is 0 Å². The second-order valence-corrected chi connectivity index (χ2v) is 4.97. The van der Waals surface area contributed by atoms with Crippen molar-refractivity contribution in [3.05, 3.63) is 0 Å². The lowest BCUT2D eigenvalue weighted by Gasteiger charge is -2.46. The van der Waals surface area contributed by atoms with Crippen LogP contribution in [0.1, 0.15) is 32.1 Å². The molecule has 2 unspecified atom stereocenters. The van der Waals surface area contributed by atoms with E-state index >= 15 is 0 Å². The highest BCUT2D eigenvalue weighted by atomic mass is 16.5. The summed E-state index contributed by atoms with van der Waals surface area (Å²) in [6.07, 6.45) is 5.97. The van der Waals surface area contributed by atoms with Crippen LogP contribution in [0, 0.1) is 5.92 Å². The van der Waals surface area contributed by atoms with E-state index in [1.165, 1.54) is 19.3 Å². The van der Waals surface area contributed by atoms with Crippen molar-refractivity contribution in [2.24, 2.45) is 5.92 Å². The molecule has 3 heteroatoms. The third-order valence-electron chi connectivity index (χ3n) is 4.08. The lowest BCUT2D eigenvalue weighted by atomic mass is 9.77. The molecule has 0 aliphatic carbocycles. The molecule has 15 heavy (non-hydrogen) atoms. The Balaban J connectivity index is 1.98. The van der Waals surface area contributed by atoms with Gasteiger partial charge in [-0.05, 0) is 32.7 Å². The van der Waals surface area contributed by atoms with Crippen LogP contribution in [0.2, 0.25) is 0 Å². The molecule has 0 spiro atoms. The van der Waals surface area contributed by atoms with Crippen molar-refractivity contribution in [1.82, 2.24) is 4.90 Å². The number of Topliss-reactive ketones (excluding diaryl/α,β-unsaturated/α-hetero) is 1. The van der Waals surface area contributed by atoms with E-state index in [2.05, 4.69) is 11.9 Å². The maximum absolute atomic E-state index is 11.8. The highest BCUT2D eigenvalue weighted by Crippen LogP contribution is 2.36. The van der Waals surface area contributed by atoms with Crippen molar-refractivity contribution in [3.63, 3.8) is 0 Å². The lowest BCUT2D eigenvalue weighted by Crippen LogP contribution is -2.51.